The van der Waals surface area contributed by atoms with Crippen LogP contribution in [-0.4, -0.2) is 59.6 Å². The minimum absolute atomic E-state index is 0.200. The van der Waals surface area contributed by atoms with Crippen LogP contribution >= 0.6 is 0 Å². The van der Waals surface area contributed by atoms with Gasteiger partial charge in [-0.3, -0.25) is 14.5 Å². The molecule has 1 N–H and O–H groups in total. The standard InChI is InChI=1S/C21H26N2O5/c1-21(15-9-5-4-6-10-15)18(25)22(2)20(27)23(19(21)26)13-17(24)14-8-7-11-16(12-14)28-3/h5,7-9,11-12,15,18,25H,4,6,10,13H2,1-3H3. The maximum absolute atomic E-state index is 13.3. The summed E-state index contributed by atoms with van der Waals surface area (Å²) in [6.45, 7) is 1.29. The number of rotatable bonds is 5. The first kappa shape index (κ1) is 20.1. The van der Waals surface area contributed by atoms with Crippen molar-refractivity contribution in [3.8, 4) is 5.75 Å². The highest BCUT2D eigenvalue weighted by atomic mass is 16.5. The van der Waals surface area contributed by atoms with Crippen LogP contribution in [0.5, 0.6) is 5.75 Å². The van der Waals surface area contributed by atoms with E-state index in [-0.39, 0.29) is 18.2 Å². The minimum Gasteiger partial charge on any atom is -0.497 e. The van der Waals surface area contributed by atoms with E-state index in [0.29, 0.717) is 11.3 Å². The Bertz CT molecular complexity index is 821. The second-order valence-electron chi connectivity index (χ2n) is 7.56. The first-order chi connectivity index (χ1) is 13.3. The van der Waals surface area contributed by atoms with E-state index in [0.717, 1.165) is 29.1 Å². The Morgan fingerprint density at radius 3 is 2.75 bits per heavy atom. The summed E-state index contributed by atoms with van der Waals surface area (Å²) in [6, 6.07) is 5.91. The molecular formula is C21H26N2O5. The first-order valence-electron chi connectivity index (χ1n) is 9.41. The van der Waals surface area contributed by atoms with Crippen LogP contribution in [0.3, 0.4) is 0 Å². The van der Waals surface area contributed by atoms with Gasteiger partial charge in [-0.25, -0.2) is 4.79 Å². The third-order valence-corrected chi connectivity index (χ3v) is 5.86. The van der Waals surface area contributed by atoms with Crippen molar-refractivity contribution in [2.75, 3.05) is 20.7 Å². The van der Waals surface area contributed by atoms with Crippen LogP contribution in [0.4, 0.5) is 4.79 Å². The van der Waals surface area contributed by atoms with Crippen molar-refractivity contribution in [3.05, 3.63) is 42.0 Å². The third-order valence-electron chi connectivity index (χ3n) is 5.86. The Kier molecular flexibility index (Phi) is 5.56. The van der Waals surface area contributed by atoms with Gasteiger partial charge in [0.15, 0.2) is 5.78 Å². The molecule has 7 heteroatoms. The highest BCUT2D eigenvalue weighted by Crippen LogP contribution is 2.43. The number of nitrogens with zero attached hydrogens (tertiary/aromatic N) is 2. The fourth-order valence-corrected chi connectivity index (χ4v) is 4.02. The molecule has 3 atom stereocenters. The van der Waals surface area contributed by atoms with Gasteiger partial charge >= 0.3 is 6.03 Å². The molecule has 1 aliphatic carbocycles. The summed E-state index contributed by atoms with van der Waals surface area (Å²) in [7, 11) is 2.95. The molecule has 0 saturated carbocycles. The number of benzene rings is 1. The van der Waals surface area contributed by atoms with Gasteiger partial charge in [-0.15, -0.1) is 0 Å². The van der Waals surface area contributed by atoms with E-state index in [1.807, 2.05) is 12.2 Å². The van der Waals surface area contributed by atoms with Crippen molar-refractivity contribution in [1.29, 1.82) is 0 Å². The Balaban J connectivity index is 1.90. The number of aliphatic hydroxyl groups excluding tert-OH is 1. The Labute approximate surface area is 164 Å². The fraction of sp³-hybridized carbons (Fsp3) is 0.476. The van der Waals surface area contributed by atoms with Crippen molar-refractivity contribution in [3.63, 3.8) is 0 Å². The zero-order valence-electron chi connectivity index (χ0n) is 16.4. The molecule has 7 nitrogen and oxygen atoms in total. The molecule has 0 radical (unpaired) electrons. The zero-order chi connectivity index (χ0) is 20.5. The van der Waals surface area contributed by atoms with Gasteiger partial charge < -0.3 is 14.7 Å². The van der Waals surface area contributed by atoms with Crippen LogP contribution in [-0.2, 0) is 4.79 Å². The van der Waals surface area contributed by atoms with Gasteiger partial charge in [0.2, 0.25) is 5.91 Å². The zero-order valence-corrected chi connectivity index (χ0v) is 16.4. The van der Waals surface area contributed by atoms with E-state index < -0.39 is 23.6 Å². The van der Waals surface area contributed by atoms with Crippen molar-refractivity contribution in [2.24, 2.45) is 11.3 Å². The van der Waals surface area contributed by atoms with Gasteiger partial charge in [-0.2, -0.15) is 0 Å². The largest absolute Gasteiger partial charge is 0.497 e. The molecule has 2 aliphatic rings. The molecule has 150 valence electrons. The molecular weight excluding hydrogens is 360 g/mol. The average molecular weight is 386 g/mol. The number of urea groups is 1. The number of methoxy groups -OCH3 is 1. The van der Waals surface area contributed by atoms with E-state index in [1.54, 1.807) is 31.2 Å². The number of hydrogen-bond acceptors (Lipinski definition) is 5. The van der Waals surface area contributed by atoms with Crippen molar-refractivity contribution in [1.82, 2.24) is 9.80 Å². The molecule has 3 unspecified atom stereocenters. The SMILES string of the molecule is COc1cccc(C(=O)CN2C(=O)N(C)C(O)C(C)(C3C=CCCC3)C2=O)c1. The number of hydrogen-bond donors (Lipinski definition) is 1. The van der Waals surface area contributed by atoms with Gasteiger partial charge in [-0.05, 0) is 44.2 Å². The third kappa shape index (κ3) is 3.30. The summed E-state index contributed by atoms with van der Waals surface area (Å²) >= 11 is 0. The predicted octanol–water partition coefficient (Wildman–Crippen LogP) is 2.45. The number of amides is 3. The number of carbonyl (C=O) groups excluding carboxylic acids is 3. The monoisotopic (exact) mass is 386 g/mol. The summed E-state index contributed by atoms with van der Waals surface area (Å²) in [5.74, 6) is -0.566. The van der Waals surface area contributed by atoms with E-state index in [9.17, 15) is 19.5 Å². The Hall–Kier alpha value is -2.67. The maximum atomic E-state index is 13.3. The van der Waals surface area contributed by atoms with Crippen LogP contribution in [0, 0.1) is 11.3 Å². The van der Waals surface area contributed by atoms with Crippen LogP contribution in [0.1, 0.15) is 36.5 Å². The van der Waals surface area contributed by atoms with Crippen molar-refractivity contribution >= 4 is 17.7 Å². The highest BCUT2D eigenvalue weighted by molar-refractivity contribution is 6.07. The summed E-state index contributed by atoms with van der Waals surface area (Å²) in [5, 5.41) is 10.7. The summed E-state index contributed by atoms with van der Waals surface area (Å²) in [6.07, 6.45) is 5.29. The van der Waals surface area contributed by atoms with Crippen LogP contribution in [0.15, 0.2) is 36.4 Å². The highest BCUT2D eigenvalue weighted by Gasteiger charge is 2.56. The smallest absolute Gasteiger partial charge is 0.328 e. The number of ketones is 1. The Morgan fingerprint density at radius 2 is 2.11 bits per heavy atom. The number of imide groups is 1. The molecule has 1 aromatic carbocycles. The lowest BCUT2D eigenvalue weighted by Gasteiger charge is -2.49. The fourth-order valence-electron chi connectivity index (χ4n) is 4.02. The van der Waals surface area contributed by atoms with E-state index in [4.69, 9.17) is 4.74 Å². The van der Waals surface area contributed by atoms with Crippen molar-refractivity contribution < 1.29 is 24.2 Å². The minimum atomic E-state index is -1.25. The molecule has 1 saturated heterocycles. The van der Waals surface area contributed by atoms with Gasteiger partial charge in [0, 0.05) is 12.6 Å². The van der Waals surface area contributed by atoms with Crippen molar-refractivity contribution in [2.45, 2.75) is 32.4 Å². The molecule has 1 aliphatic heterocycles. The van der Waals surface area contributed by atoms with Crippen LogP contribution in [0.25, 0.3) is 0 Å². The maximum Gasteiger partial charge on any atom is 0.328 e. The molecule has 1 heterocycles. The number of allylic oxidation sites excluding steroid dienone is 2. The number of aliphatic hydroxyl groups is 1. The lowest BCUT2D eigenvalue weighted by molar-refractivity contribution is -0.167. The molecule has 0 spiro atoms. The van der Waals surface area contributed by atoms with Gasteiger partial charge in [0.1, 0.15) is 12.0 Å². The van der Waals surface area contributed by atoms with E-state index in [1.165, 1.54) is 14.2 Å². The van der Waals surface area contributed by atoms with E-state index >= 15 is 0 Å². The lowest BCUT2D eigenvalue weighted by Crippen LogP contribution is -2.67. The summed E-state index contributed by atoms with van der Waals surface area (Å²) in [5.41, 5.74) is -0.846. The lowest BCUT2D eigenvalue weighted by atomic mass is 9.69. The first-order valence-corrected chi connectivity index (χ1v) is 9.41. The second kappa shape index (κ2) is 7.75. The van der Waals surface area contributed by atoms with Gasteiger partial charge in [0.05, 0.1) is 19.1 Å². The molecule has 1 fully saturated rings. The Morgan fingerprint density at radius 1 is 1.36 bits per heavy atom. The second-order valence-corrected chi connectivity index (χ2v) is 7.56. The number of Topliss-reactive ketones (excluding diaryl/α,β-unsaturated/α-hetero) is 1. The number of carbonyl (C=O) groups is 3. The summed E-state index contributed by atoms with van der Waals surface area (Å²) in [4.78, 5) is 40.8. The molecule has 1 aromatic rings. The molecule has 28 heavy (non-hydrogen) atoms. The normalized spacial score (nSPS) is 27.9. The molecule has 0 aromatic heterocycles. The van der Waals surface area contributed by atoms with Crippen LogP contribution in [0.2, 0.25) is 0 Å². The molecule has 3 amide bonds. The van der Waals surface area contributed by atoms with E-state index in [2.05, 4.69) is 0 Å². The van der Waals surface area contributed by atoms with Crippen LogP contribution < -0.4 is 4.74 Å². The predicted molar refractivity (Wildman–Crippen MR) is 103 cm³/mol. The average Bonchev–Trinajstić information content (AvgIpc) is 2.74. The summed E-state index contributed by atoms with van der Waals surface area (Å²) < 4.78 is 5.13. The molecule has 0 bridgehead atoms. The number of ether oxygens (including phenoxy) is 1. The van der Waals surface area contributed by atoms with Gasteiger partial charge in [0.25, 0.3) is 0 Å². The quantitative estimate of drug-likeness (QED) is 0.620. The van der Waals surface area contributed by atoms with Gasteiger partial charge in [-0.1, -0.05) is 24.3 Å². The topological polar surface area (TPSA) is 87.2 Å². The molecule has 3 rings (SSSR count).